The Morgan fingerprint density at radius 2 is 1.87 bits per heavy atom. The summed E-state index contributed by atoms with van der Waals surface area (Å²) in [6.07, 6.45) is 0. The summed E-state index contributed by atoms with van der Waals surface area (Å²) in [6, 6.07) is 13.6. The van der Waals surface area contributed by atoms with Gasteiger partial charge in [0.1, 0.15) is 23.2 Å². The van der Waals surface area contributed by atoms with E-state index in [-0.39, 0.29) is 18.3 Å². The summed E-state index contributed by atoms with van der Waals surface area (Å²) in [5.41, 5.74) is 7.48. The lowest BCUT2D eigenvalue weighted by atomic mass is 10.0. The molecule has 1 amide bonds. The summed E-state index contributed by atoms with van der Waals surface area (Å²) < 4.78 is 15.6. The van der Waals surface area contributed by atoms with Crippen molar-refractivity contribution in [3.8, 4) is 11.3 Å². The average Bonchev–Trinajstić information content (AvgIpc) is 3.08. The highest BCUT2D eigenvalue weighted by atomic mass is 35.5. The number of nitrogens with one attached hydrogen (secondary N) is 1. The molecule has 0 radical (unpaired) electrons. The lowest BCUT2D eigenvalue weighted by Crippen LogP contribution is -2.50. The van der Waals surface area contributed by atoms with Gasteiger partial charge in [-0.2, -0.15) is 0 Å². The zero-order valence-corrected chi connectivity index (χ0v) is 17.6. The fourth-order valence-electron chi connectivity index (χ4n) is 3.89. The number of hydrogen-bond acceptors (Lipinski definition) is 4. The highest BCUT2D eigenvalue weighted by Crippen LogP contribution is 2.38. The molecule has 4 rings (SSSR count). The lowest BCUT2D eigenvalue weighted by Gasteiger charge is -2.40. The molecule has 1 aliphatic rings. The molecule has 0 atom stereocenters. The number of nitrogens with zero attached hydrogens (tertiary/aromatic N) is 3. The smallest absolute Gasteiger partial charge is 0.236 e. The van der Waals surface area contributed by atoms with Crippen LogP contribution in [0.1, 0.15) is 19.7 Å². The van der Waals surface area contributed by atoms with Gasteiger partial charge in [-0.15, -0.1) is 0 Å². The van der Waals surface area contributed by atoms with Crippen molar-refractivity contribution in [3.05, 3.63) is 65.2 Å². The van der Waals surface area contributed by atoms with E-state index in [4.69, 9.17) is 22.3 Å². The third-order valence-corrected chi connectivity index (χ3v) is 5.47. The number of halogens is 2. The van der Waals surface area contributed by atoms with Gasteiger partial charge in [-0.1, -0.05) is 11.6 Å². The van der Waals surface area contributed by atoms with Gasteiger partial charge >= 0.3 is 0 Å². The number of hydrogen-bond donors (Lipinski definition) is 2. The van der Waals surface area contributed by atoms with Crippen LogP contribution in [0, 0.1) is 5.82 Å². The maximum absolute atomic E-state index is 13.5. The van der Waals surface area contributed by atoms with E-state index in [1.54, 1.807) is 17.0 Å². The minimum atomic E-state index is -0.432. The third-order valence-electron chi connectivity index (χ3n) is 5.21. The Morgan fingerprint density at radius 3 is 2.50 bits per heavy atom. The van der Waals surface area contributed by atoms with Crippen molar-refractivity contribution >= 4 is 29.0 Å². The fraction of sp³-hybridized carbons (Fsp3) is 0.273. The van der Waals surface area contributed by atoms with Gasteiger partial charge in [0.25, 0.3) is 0 Å². The van der Waals surface area contributed by atoms with Crippen molar-refractivity contribution < 1.29 is 9.18 Å². The van der Waals surface area contributed by atoms with Crippen molar-refractivity contribution in [2.75, 3.05) is 18.4 Å². The summed E-state index contributed by atoms with van der Waals surface area (Å²) in [4.78, 5) is 18.8. The van der Waals surface area contributed by atoms with E-state index in [1.807, 2.05) is 24.3 Å². The average molecular weight is 428 g/mol. The van der Waals surface area contributed by atoms with Gasteiger partial charge in [-0.25, -0.2) is 9.37 Å². The summed E-state index contributed by atoms with van der Waals surface area (Å²) in [7, 11) is 0. The Hall–Kier alpha value is -2.90. The van der Waals surface area contributed by atoms with Gasteiger partial charge in [0, 0.05) is 22.8 Å². The second-order valence-corrected chi connectivity index (χ2v) is 8.40. The van der Waals surface area contributed by atoms with Crippen LogP contribution >= 0.6 is 11.6 Å². The number of benzene rings is 2. The first-order valence-electron chi connectivity index (χ1n) is 9.67. The van der Waals surface area contributed by atoms with Crippen molar-refractivity contribution in [2.24, 2.45) is 5.73 Å². The molecule has 30 heavy (non-hydrogen) atoms. The molecule has 3 N–H and O–H groups in total. The largest absolute Gasteiger partial charge is 0.340 e. The normalized spacial score (nSPS) is 15.0. The first-order valence-corrected chi connectivity index (χ1v) is 10.0. The quantitative estimate of drug-likeness (QED) is 0.656. The number of carbonyl (C=O) groups is 1. The molecule has 0 fully saturated rings. The molecule has 2 heterocycles. The van der Waals surface area contributed by atoms with Crippen LogP contribution in [-0.4, -0.2) is 33.4 Å². The van der Waals surface area contributed by atoms with E-state index in [1.165, 1.54) is 12.1 Å². The number of amides is 1. The molecule has 0 saturated heterocycles. The van der Waals surface area contributed by atoms with Gasteiger partial charge < -0.3 is 20.5 Å². The first-order chi connectivity index (χ1) is 14.3. The Morgan fingerprint density at radius 1 is 1.20 bits per heavy atom. The number of imidazole rings is 1. The van der Waals surface area contributed by atoms with Crippen LogP contribution < -0.4 is 11.1 Å². The number of carbonyl (C=O) groups excluding carboxylic acids is 1. The molecule has 1 aromatic heterocycles. The molecule has 1 aliphatic heterocycles. The highest BCUT2D eigenvalue weighted by Gasteiger charge is 2.37. The SMILES string of the molecule is CC1(C)CN(C(=O)CN)Cc2nc(-c3ccc(F)cc3)c(Nc3ccc(Cl)cc3)n21. The molecule has 0 unspecified atom stereocenters. The summed E-state index contributed by atoms with van der Waals surface area (Å²) >= 11 is 6.03. The summed E-state index contributed by atoms with van der Waals surface area (Å²) in [6.45, 7) is 4.92. The molecule has 0 bridgehead atoms. The van der Waals surface area contributed by atoms with Crippen molar-refractivity contribution in [1.82, 2.24) is 14.5 Å². The Labute approximate surface area is 179 Å². The van der Waals surface area contributed by atoms with Crippen LogP contribution in [0.5, 0.6) is 0 Å². The van der Waals surface area contributed by atoms with Crippen LogP contribution in [0.15, 0.2) is 48.5 Å². The van der Waals surface area contributed by atoms with Crippen molar-refractivity contribution in [3.63, 3.8) is 0 Å². The number of aromatic nitrogens is 2. The Bertz CT molecular complexity index is 1080. The van der Waals surface area contributed by atoms with Gasteiger partial charge in [-0.05, 0) is 62.4 Å². The number of fused-ring (bicyclic) bond motifs is 1. The summed E-state index contributed by atoms with van der Waals surface area (Å²) in [5.74, 6) is 1.09. The maximum Gasteiger partial charge on any atom is 0.236 e. The molecule has 6 nitrogen and oxygen atoms in total. The van der Waals surface area contributed by atoms with E-state index in [0.29, 0.717) is 23.8 Å². The Balaban J connectivity index is 1.86. The fourth-order valence-corrected chi connectivity index (χ4v) is 4.01. The van der Waals surface area contributed by atoms with E-state index in [2.05, 4.69) is 23.7 Å². The van der Waals surface area contributed by atoms with Crippen LogP contribution in [0.2, 0.25) is 5.02 Å². The second-order valence-electron chi connectivity index (χ2n) is 7.97. The standard InChI is InChI=1S/C22H23ClFN5O/c1-22(2)13-28(19(30)11-25)12-18-27-20(14-3-7-16(24)8-4-14)21(29(18)22)26-17-9-5-15(23)6-10-17/h3-10,26H,11-13,25H2,1-2H3. The predicted octanol–water partition coefficient (Wildman–Crippen LogP) is 4.12. The van der Waals surface area contributed by atoms with E-state index in [0.717, 1.165) is 22.9 Å². The van der Waals surface area contributed by atoms with E-state index in [9.17, 15) is 9.18 Å². The van der Waals surface area contributed by atoms with E-state index >= 15 is 0 Å². The maximum atomic E-state index is 13.5. The zero-order valence-electron chi connectivity index (χ0n) is 16.8. The molecule has 8 heteroatoms. The predicted molar refractivity (Wildman–Crippen MR) is 116 cm³/mol. The van der Waals surface area contributed by atoms with Gasteiger partial charge in [-0.3, -0.25) is 4.79 Å². The molecule has 2 aromatic carbocycles. The minimum Gasteiger partial charge on any atom is -0.340 e. The molecule has 0 saturated carbocycles. The number of rotatable bonds is 4. The van der Waals surface area contributed by atoms with Crippen molar-refractivity contribution in [2.45, 2.75) is 25.9 Å². The molecular formula is C22H23ClFN5O. The van der Waals surface area contributed by atoms with Crippen LogP contribution in [-0.2, 0) is 16.9 Å². The lowest BCUT2D eigenvalue weighted by molar-refractivity contribution is -0.132. The molecule has 0 aliphatic carbocycles. The molecular weight excluding hydrogens is 405 g/mol. The second kappa shape index (κ2) is 7.74. The van der Waals surface area contributed by atoms with Crippen LogP contribution in [0.3, 0.4) is 0 Å². The monoisotopic (exact) mass is 427 g/mol. The molecule has 0 spiro atoms. The van der Waals surface area contributed by atoms with E-state index < -0.39 is 5.54 Å². The van der Waals surface area contributed by atoms with Crippen LogP contribution in [0.4, 0.5) is 15.9 Å². The molecule has 156 valence electrons. The highest BCUT2D eigenvalue weighted by molar-refractivity contribution is 6.30. The zero-order chi connectivity index (χ0) is 21.5. The Kier molecular flexibility index (Phi) is 5.26. The van der Waals surface area contributed by atoms with Gasteiger partial charge in [0.2, 0.25) is 5.91 Å². The molecule has 3 aromatic rings. The first kappa shape index (κ1) is 20.4. The number of anilines is 2. The third kappa shape index (κ3) is 3.78. The van der Waals surface area contributed by atoms with Crippen molar-refractivity contribution in [1.29, 1.82) is 0 Å². The number of nitrogens with two attached hydrogens (primary N) is 1. The summed E-state index contributed by atoms with van der Waals surface area (Å²) in [5, 5.41) is 4.10. The van der Waals surface area contributed by atoms with Gasteiger partial charge in [0.15, 0.2) is 0 Å². The topological polar surface area (TPSA) is 76.2 Å². The minimum absolute atomic E-state index is 0.0442. The van der Waals surface area contributed by atoms with Gasteiger partial charge in [0.05, 0.1) is 18.6 Å². The van der Waals surface area contributed by atoms with Crippen LogP contribution in [0.25, 0.3) is 11.3 Å².